The second-order valence-corrected chi connectivity index (χ2v) is 6.26. The van der Waals surface area contributed by atoms with Crippen molar-refractivity contribution in [2.45, 2.75) is 36.4 Å². The van der Waals surface area contributed by atoms with Crippen molar-refractivity contribution >= 4 is 23.1 Å². The molecule has 2 unspecified atom stereocenters. The second kappa shape index (κ2) is 5.84. The second-order valence-electron chi connectivity index (χ2n) is 3.92. The van der Waals surface area contributed by atoms with E-state index >= 15 is 0 Å². The van der Waals surface area contributed by atoms with Crippen molar-refractivity contribution in [3.05, 3.63) is 11.1 Å². The number of aryl methyl sites for hydroxylation is 1. The summed E-state index contributed by atoms with van der Waals surface area (Å²) in [6, 6.07) is 0.00389. The maximum absolute atomic E-state index is 9.29. The van der Waals surface area contributed by atoms with Gasteiger partial charge in [0.1, 0.15) is 0 Å². The largest absolute Gasteiger partial charge is 0.395 e. The van der Waals surface area contributed by atoms with Crippen LogP contribution in [0.1, 0.15) is 19.5 Å². The van der Waals surface area contributed by atoms with E-state index in [0.717, 1.165) is 10.0 Å². The summed E-state index contributed by atoms with van der Waals surface area (Å²) in [5.41, 5.74) is 7.05. The van der Waals surface area contributed by atoms with Gasteiger partial charge in [-0.25, -0.2) is 4.98 Å². The molecule has 1 aromatic heterocycles. The summed E-state index contributed by atoms with van der Waals surface area (Å²) in [7, 11) is 0. The molecule has 0 aliphatic heterocycles. The molecule has 0 spiro atoms. The first-order valence-corrected chi connectivity index (χ1v) is 6.75. The van der Waals surface area contributed by atoms with Crippen LogP contribution >= 0.6 is 23.1 Å². The third-order valence-electron chi connectivity index (χ3n) is 2.23. The van der Waals surface area contributed by atoms with Gasteiger partial charge in [-0.3, -0.25) is 0 Å². The molecule has 1 heterocycles. The first-order valence-electron chi connectivity index (χ1n) is 4.99. The Morgan fingerprint density at radius 1 is 1.60 bits per heavy atom. The number of thiazole rings is 1. The number of aromatic nitrogens is 1. The van der Waals surface area contributed by atoms with E-state index in [1.807, 2.05) is 12.3 Å². The van der Waals surface area contributed by atoms with Crippen LogP contribution in [0, 0.1) is 12.8 Å². The lowest BCUT2D eigenvalue weighted by molar-refractivity contribution is 0.269. The van der Waals surface area contributed by atoms with Crippen LogP contribution in [-0.2, 0) is 0 Å². The van der Waals surface area contributed by atoms with Gasteiger partial charge in [0.2, 0.25) is 0 Å². The minimum Gasteiger partial charge on any atom is -0.395 e. The molecule has 3 N–H and O–H groups in total. The number of aliphatic hydroxyl groups is 1. The minimum atomic E-state index is 0.00389. The van der Waals surface area contributed by atoms with Crippen molar-refractivity contribution in [1.29, 1.82) is 0 Å². The smallest absolute Gasteiger partial charge is 0.150 e. The van der Waals surface area contributed by atoms with Crippen LogP contribution in [-0.4, -0.2) is 28.0 Å². The van der Waals surface area contributed by atoms with Gasteiger partial charge in [-0.15, -0.1) is 11.3 Å². The van der Waals surface area contributed by atoms with E-state index in [0.29, 0.717) is 5.92 Å². The number of hydrogen-bond donors (Lipinski definition) is 2. The van der Waals surface area contributed by atoms with E-state index in [1.54, 1.807) is 23.1 Å². The molecular weight excluding hydrogens is 228 g/mol. The predicted octanol–water partition coefficient (Wildman–Crippen LogP) is 1.89. The van der Waals surface area contributed by atoms with Crippen molar-refractivity contribution in [1.82, 2.24) is 4.98 Å². The Balaban J connectivity index is 2.61. The number of nitrogens with two attached hydrogens (primary N) is 1. The maximum Gasteiger partial charge on any atom is 0.150 e. The summed E-state index contributed by atoms with van der Waals surface area (Å²) < 4.78 is 0.989. The molecule has 0 amide bonds. The summed E-state index contributed by atoms with van der Waals surface area (Å²) in [6.07, 6.45) is 0. The van der Waals surface area contributed by atoms with E-state index in [9.17, 15) is 5.11 Å². The lowest BCUT2D eigenvalue weighted by atomic mass is 10.0. The molecular formula is C10H18N2OS2. The molecule has 2 atom stereocenters. The first kappa shape index (κ1) is 13.0. The summed E-state index contributed by atoms with van der Waals surface area (Å²) >= 11 is 3.19. The van der Waals surface area contributed by atoms with Crippen molar-refractivity contribution in [3.8, 4) is 0 Å². The summed E-state index contributed by atoms with van der Waals surface area (Å²) in [4.78, 5) is 4.35. The average molecular weight is 246 g/mol. The number of hydrogen-bond acceptors (Lipinski definition) is 5. The van der Waals surface area contributed by atoms with Gasteiger partial charge in [0.15, 0.2) is 4.34 Å². The van der Waals surface area contributed by atoms with Gasteiger partial charge in [-0.2, -0.15) is 0 Å². The molecule has 3 nitrogen and oxygen atoms in total. The Kier molecular flexibility index (Phi) is 5.05. The van der Waals surface area contributed by atoms with Gasteiger partial charge >= 0.3 is 0 Å². The molecule has 0 saturated carbocycles. The molecule has 86 valence electrons. The molecule has 1 aromatic rings. The quantitative estimate of drug-likeness (QED) is 0.779. The van der Waals surface area contributed by atoms with Crippen LogP contribution in [0.3, 0.4) is 0 Å². The lowest BCUT2D eigenvalue weighted by Crippen LogP contribution is -2.39. The molecule has 0 radical (unpaired) electrons. The van der Waals surface area contributed by atoms with Crippen LogP contribution in [0.5, 0.6) is 0 Å². The maximum atomic E-state index is 9.29. The highest BCUT2D eigenvalue weighted by atomic mass is 32.2. The zero-order chi connectivity index (χ0) is 11.4. The molecule has 0 aliphatic carbocycles. The fourth-order valence-corrected chi connectivity index (χ4v) is 3.44. The SMILES string of the molecule is Cc1csc(SC(CO)C(N)C(C)C)n1. The van der Waals surface area contributed by atoms with Crippen molar-refractivity contribution < 1.29 is 5.11 Å². The Morgan fingerprint density at radius 2 is 2.27 bits per heavy atom. The van der Waals surface area contributed by atoms with Gasteiger partial charge in [-0.1, -0.05) is 25.6 Å². The third-order valence-corrected chi connectivity index (χ3v) is 4.62. The highest BCUT2D eigenvalue weighted by Crippen LogP contribution is 2.29. The molecule has 0 saturated heterocycles. The number of rotatable bonds is 5. The summed E-state index contributed by atoms with van der Waals surface area (Å²) in [6.45, 7) is 6.21. The van der Waals surface area contributed by atoms with Crippen molar-refractivity contribution in [3.63, 3.8) is 0 Å². The van der Waals surface area contributed by atoms with E-state index in [2.05, 4.69) is 18.8 Å². The average Bonchev–Trinajstić information content (AvgIpc) is 2.59. The van der Waals surface area contributed by atoms with E-state index in [4.69, 9.17) is 5.73 Å². The topological polar surface area (TPSA) is 59.1 Å². The van der Waals surface area contributed by atoms with Crippen LogP contribution in [0.2, 0.25) is 0 Å². The third kappa shape index (κ3) is 3.75. The molecule has 0 aromatic carbocycles. The molecule has 0 aliphatic rings. The van der Waals surface area contributed by atoms with E-state index < -0.39 is 0 Å². The Bertz CT molecular complexity index is 301. The van der Waals surface area contributed by atoms with Crippen molar-refractivity contribution in [2.75, 3.05) is 6.61 Å². The van der Waals surface area contributed by atoms with Crippen molar-refractivity contribution in [2.24, 2.45) is 11.7 Å². The standard InChI is InChI=1S/C10H18N2OS2/c1-6(2)9(11)8(4-13)15-10-12-7(3)5-14-10/h5-6,8-9,13H,4,11H2,1-3H3. The highest BCUT2D eigenvalue weighted by molar-refractivity contribution is 8.01. The molecule has 1 rings (SSSR count). The molecule has 15 heavy (non-hydrogen) atoms. The normalized spacial score (nSPS) is 15.6. The summed E-state index contributed by atoms with van der Waals surface area (Å²) in [5, 5.41) is 11.3. The van der Waals surface area contributed by atoms with E-state index in [1.165, 1.54) is 0 Å². The zero-order valence-corrected chi connectivity index (χ0v) is 10.9. The van der Waals surface area contributed by atoms with Gasteiger partial charge in [-0.05, 0) is 12.8 Å². The summed E-state index contributed by atoms with van der Waals surface area (Å²) in [5.74, 6) is 0.371. The van der Waals surface area contributed by atoms with Crippen LogP contribution in [0.25, 0.3) is 0 Å². The molecule has 0 bridgehead atoms. The molecule has 5 heteroatoms. The predicted molar refractivity (Wildman–Crippen MR) is 66.4 cm³/mol. The zero-order valence-electron chi connectivity index (χ0n) is 9.30. The van der Waals surface area contributed by atoms with Gasteiger partial charge < -0.3 is 10.8 Å². The fraction of sp³-hybridized carbons (Fsp3) is 0.700. The number of thioether (sulfide) groups is 1. The van der Waals surface area contributed by atoms with E-state index in [-0.39, 0.29) is 17.9 Å². The van der Waals surface area contributed by atoms with Crippen LogP contribution < -0.4 is 5.73 Å². The molecule has 0 fully saturated rings. The van der Waals surface area contributed by atoms with Crippen LogP contribution in [0.4, 0.5) is 0 Å². The fourth-order valence-electron chi connectivity index (χ4n) is 1.18. The van der Waals surface area contributed by atoms with Gasteiger partial charge in [0.05, 0.1) is 11.9 Å². The van der Waals surface area contributed by atoms with Gasteiger partial charge in [0.25, 0.3) is 0 Å². The highest BCUT2D eigenvalue weighted by Gasteiger charge is 2.22. The lowest BCUT2D eigenvalue weighted by Gasteiger charge is -2.23. The Hall–Kier alpha value is -0.100. The first-order chi connectivity index (χ1) is 7.04. The Morgan fingerprint density at radius 3 is 2.67 bits per heavy atom. The number of nitrogens with zero attached hydrogens (tertiary/aromatic N) is 1. The van der Waals surface area contributed by atoms with Crippen LogP contribution in [0.15, 0.2) is 9.72 Å². The Labute approximate surface area is 99.1 Å². The monoisotopic (exact) mass is 246 g/mol. The van der Waals surface area contributed by atoms with Gasteiger partial charge in [0, 0.05) is 17.1 Å². The number of aliphatic hydroxyl groups excluding tert-OH is 1. The minimum absolute atomic E-state index is 0.00389.